The smallest absolute Gasteiger partial charge is 0.356 e. The van der Waals surface area contributed by atoms with Crippen LogP contribution in [0, 0.1) is 6.92 Å². The lowest BCUT2D eigenvalue weighted by molar-refractivity contribution is 0.0692. The largest absolute Gasteiger partial charge is 0.476 e. The van der Waals surface area contributed by atoms with Gasteiger partial charge in [-0.25, -0.2) is 14.6 Å². The molecule has 7 heteroatoms. The highest BCUT2D eigenvalue weighted by molar-refractivity contribution is 9.10. The summed E-state index contributed by atoms with van der Waals surface area (Å²) in [6.45, 7) is 1.90. The molecule has 0 spiro atoms. The summed E-state index contributed by atoms with van der Waals surface area (Å²) in [4.78, 5) is 26.7. The van der Waals surface area contributed by atoms with Crippen LogP contribution in [-0.4, -0.2) is 22.1 Å². The van der Waals surface area contributed by atoms with Crippen molar-refractivity contribution in [2.24, 2.45) is 0 Å². The molecule has 6 nitrogen and oxygen atoms in total. The molecule has 21 heavy (non-hydrogen) atoms. The number of aryl methyl sites for hydroxylation is 1. The van der Waals surface area contributed by atoms with Gasteiger partial charge in [0.05, 0.1) is 11.4 Å². The number of rotatable bonds is 3. The first-order chi connectivity index (χ1) is 9.99. The number of nitrogens with zero attached hydrogens (tertiary/aromatic N) is 1. The number of aromatic nitrogens is 1. The molecule has 2 aromatic rings. The van der Waals surface area contributed by atoms with Crippen LogP contribution in [-0.2, 0) is 0 Å². The lowest BCUT2D eigenvalue weighted by Gasteiger charge is -2.11. The lowest BCUT2D eigenvalue weighted by atomic mass is 10.2. The van der Waals surface area contributed by atoms with Crippen molar-refractivity contribution < 1.29 is 14.7 Å². The van der Waals surface area contributed by atoms with E-state index in [-0.39, 0.29) is 11.4 Å². The van der Waals surface area contributed by atoms with Gasteiger partial charge in [-0.15, -0.1) is 0 Å². The highest BCUT2D eigenvalue weighted by Crippen LogP contribution is 2.25. The molecule has 0 saturated carbocycles. The van der Waals surface area contributed by atoms with E-state index in [0.717, 1.165) is 10.0 Å². The average Bonchev–Trinajstić information content (AvgIpc) is 2.44. The first-order valence-corrected chi connectivity index (χ1v) is 6.80. The molecule has 0 atom stereocenters. The normalized spacial score (nSPS) is 10.0. The Bertz CT molecular complexity index is 704. The third kappa shape index (κ3) is 3.57. The minimum Gasteiger partial charge on any atom is -0.476 e. The number of nitrogens with one attached hydrogen (secondary N) is 2. The van der Waals surface area contributed by atoms with E-state index in [1.807, 2.05) is 19.1 Å². The zero-order valence-electron chi connectivity index (χ0n) is 11.1. The standard InChI is InChI=1S/C14H12BrN3O3/c1-8-4-2-5-9(11(8)15)17-14(21)18-10-6-3-7-16-12(10)13(19)20/h2-7H,1H3,(H,19,20)(H2,17,18,21). The fourth-order valence-electron chi connectivity index (χ4n) is 1.70. The molecule has 2 rings (SSSR count). The van der Waals surface area contributed by atoms with Crippen LogP contribution in [0.15, 0.2) is 41.0 Å². The van der Waals surface area contributed by atoms with Crippen molar-refractivity contribution in [3.05, 3.63) is 52.3 Å². The Hall–Kier alpha value is -2.41. The summed E-state index contributed by atoms with van der Waals surface area (Å²) in [5.74, 6) is -1.21. The number of halogens is 1. The fraction of sp³-hybridized carbons (Fsp3) is 0.0714. The molecule has 0 radical (unpaired) electrons. The number of amides is 2. The van der Waals surface area contributed by atoms with Crippen molar-refractivity contribution in [1.29, 1.82) is 0 Å². The van der Waals surface area contributed by atoms with E-state index in [1.165, 1.54) is 12.3 Å². The third-order valence-electron chi connectivity index (χ3n) is 2.70. The quantitative estimate of drug-likeness (QED) is 0.790. The van der Waals surface area contributed by atoms with E-state index >= 15 is 0 Å². The molecule has 3 N–H and O–H groups in total. The van der Waals surface area contributed by atoms with Crippen molar-refractivity contribution >= 4 is 39.3 Å². The minimum absolute atomic E-state index is 0.131. The van der Waals surface area contributed by atoms with Gasteiger partial charge >= 0.3 is 12.0 Å². The maximum Gasteiger partial charge on any atom is 0.356 e. The zero-order valence-corrected chi connectivity index (χ0v) is 12.6. The number of carboxylic acid groups (broad SMARTS) is 1. The van der Waals surface area contributed by atoms with Crippen LogP contribution in [0.2, 0.25) is 0 Å². The number of carboxylic acids is 1. The topological polar surface area (TPSA) is 91.3 Å². The Morgan fingerprint density at radius 3 is 2.52 bits per heavy atom. The summed E-state index contributed by atoms with van der Waals surface area (Å²) in [5, 5.41) is 14.1. The summed E-state index contributed by atoms with van der Waals surface area (Å²) in [7, 11) is 0. The molecule has 0 aliphatic heterocycles. The number of anilines is 2. The number of carbonyl (C=O) groups is 2. The van der Waals surface area contributed by atoms with Gasteiger partial charge in [0.25, 0.3) is 0 Å². The van der Waals surface area contributed by atoms with Crippen molar-refractivity contribution in [3.8, 4) is 0 Å². The average molecular weight is 350 g/mol. The second-order valence-corrected chi connectivity index (χ2v) is 5.01. The highest BCUT2D eigenvalue weighted by Gasteiger charge is 2.14. The second-order valence-electron chi connectivity index (χ2n) is 4.22. The van der Waals surface area contributed by atoms with Gasteiger partial charge in [-0.2, -0.15) is 0 Å². The molecule has 108 valence electrons. The second kappa shape index (κ2) is 6.36. The molecule has 1 aromatic heterocycles. The summed E-state index contributed by atoms with van der Waals surface area (Å²) >= 11 is 3.38. The Kier molecular flexibility index (Phi) is 4.54. The van der Waals surface area contributed by atoms with Gasteiger partial charge in [0.1, 0.15) is 0 Å². The number of hydrogen-bond donors (Lipinski definition) is 3. The molecular formula is C14H12BrN3O3. The van der Waals surface area contributed by atoms with E-state index in [1.54, 1.807) is 12.1 Å². The number of urea groups is 1. The minimum atomic E-state index is -1.21. The van der Waals surface area contributed by atoms with Crippen LogP contribution in [0.3, 0.4) is 0 Å². The summed E-state index contributed by atoms with van der Waals surface area (Å²) < 4.78 is 0.768. The molecule has 0 aliphatic carbocycles. The van der Waals surface area contributed by atoms with E-state index in [9.17, 15) is 9.59 Å². The van der Waals surface area contributed by atoms with E-state index in [2.05, 4.69) is 31.5 Å². The van der Waals surface area contributed by atoms with Gasteiger partial charge in [-0.3, -0.25) is 0 Å². The van der Waals surface area contributed by atoms with Crippen molar-refractivity contribution in [1.82, 2.24) is 4.98 Å². The predicted octanol–water partition coefficient (Wildman–Crippen LogP) is 3.49. The Labute approximate surface area is 129 Å². The first-order valence-electron chi connectivity index (χ1n) is 6.00. The van der Waals surface area contributed by atoms with Crippen LogP contribution in [0.25, 0.3) is 0 Å². The molecule has 0 bridgehead atoms. The van der Waals surface area contributed by atoms with Gasteiger partial charge in [-0.1, -0.05) is 12.1 Å². The lowest BCUT2D eigenvalue weighted by Crippen LogP contribution is -2.21. The van der Waals surface area contributed by atoms with Gasteiger partial charge in [0, 0.05) is 10.7 Å². The van der Waals surface area contributed by atoms with Crippen LogP contribution in [0.5, 0.6) is 0 Å². The highest BCUT2D eigenvalue weighted by atomic mass is 79.9. The number of hydrogen-bond acceptors (Lipinski definition) is 3. The van der Waals surface area contributed by atoms with E-state index < -0.39 is 12.0 Å². The van der Waals surface area contributed by atoms with Gasteiger partial charge in [0.2, 0.25) is 0 Å². The first kappa shape index (κ1) is 15.0. The third-order valence-corrected chi connectivity index (χ3v) is 3.75. The van der Waals surface area contributed by atoms with Crippen LogP contribution >= 0.6 is 15.9 Å². The van der Waals surface area contributed by atoms with Gasteiger partial charge in [0.15, 0.2) is 5.69 Å². The van der Waals surface area contributed by atoms with Crippen LogP contribution < -0.4 is 10.6 Å². The fourth-order valence-corrected chi connectivity index (χ4v) is 2.06. The summed E-state index contributed by atoms with van der Waals surface area (Å²) in [6.07, 6.45) is 1.35. The van der Waals surface area contributed by atoms with Gasteiger partial charge in [-0.05, 0) is 46.6 Å². The molecule has 0 fully saturated rings. The molecule has 0 aliphatic rings. The summed E-state index contributed by atoms with van der Waals surface area (Å²) in [6, 6.07) is 7.92. The molecule has 0 unspecified atom stereocenters. The molecule has 2 amide bonds. The Balaban J connectivity index is 2.16. The van der Waals surface area contributed by atoms with Crippen molar-refractivity contribution in [3.63, 3.8) is 0 Å². The number of benzene rings is 1. The maximum atomic E-state index is 12.0. The van der Waals surface area contributed by atoms with Crippen molar-refractivity contribution in [2.45, 2.75) is 6.92 Å². The van der Waals surface area contributed by atoms with Crippen LogP contribution in [0.4, 0.5) is 16.2 Å². The predicted molar refractivity (Wildman–Crippen MR) is 82.7 cm³/mol. The maximum absolute atomic E-state index is 12.0. The van der Waals surface area contributed by atoms with E-state index in [0.29, 0.717) is 5.69 Å². The molecule has 0 saturated heterocycles. The Morgan fingerprint density at radius 2 is 1.81 bits per heavy atom. The molecule has 1 heterocycles. The number of aromatic carboxylic acids is 1. The SMILES string of the molecule is Cc1cccc(NC(=O)Nc2cccnc2C(=O)O)c1Br. The number of carbonyl (C=O) groups excluding carboxylic acids is 1. The number of pyridine rings is 1. The van der Waals surface area contributed by atoms with Crippen LogP contribution in [0.1, 0.15) is 16.1 Å². The molecular weight excluding hydrogens is 338 g/mol. The summed E-state index contributed by atoms with van der Waals surface area (Å²) in [5.41, 5.74) is 1.48. The molecule has 1 aromatic carbocycles. The van der Waals surface area contributed by atoms with Crippen molar-refractivity contribution in [2.75, 3.05) is 10.6 Å². The monoisotopic (exact) mass is 349 g/mol. The zero-order chi connectivity index (χ0) is 15.4. The van der Waals surface area contributed by atoms with Gasteiger partial charge < -0.3 is 15.7 Å². The Morgan fingerprint density at radius 1 is 1.14 bits per heavy atom. The van der Waals surface area contributed by atoms with E-state index in [4.69, 9.17) is 5.11 Å².